The molecule has 0 bridgehead atoms. The fourth-order valence-electron chi connectivity index (χ4n) is 7.05. The molecule has 4 aromatic carbocycles. The normalized spacial score (nSPS) is 18.5. The van der Waals surface area contributed by atoms with Crippen LogP contribution in [-0.4, -0.2) is 4.92 Å². The van der Waals surface area contributed by atoms with Gasteiger partial charge in [0.25, 0.3) is 5.69 Å². The van der Waals surface area contributed by atoms with E-state index in [0.717, 1.165) is 36.8 Å². The van der Waals surface area contributed by atoms with E-state index in [1.807, 2.05) is 12.1 Å². The van der Waals surface area contributed by atoms with Crippen molar-refractivity contribution in [1.29, 1.82) is 0 Å². The van der Waals surface area contributed by atoms with Gasteiger partial charge in [0.15, 0.2) is 0 Å². The number of rotatable bonds is 6. The molecular formula is C32H29NO2. The lowest BCUT2D eigenvalue weighted by molar-refractivity contribution is -0.384. The van der Waals surface area contributed by atoms with Gasteiger partial charge in [0, 0.05) is 23.0 Å². The first-order chi connectivity index (χ1) is 17.1. The molecule has 0 N–H and O–H groups in total. The largest absolute Gasteiger partial charge is 0.269 e. The second-order valence-corrected chi connectivity index (χ2v) is 10.00. The van der Waals surface area contributed by atoms with E-state index in [1.165, 1.54) is 33.4 Å². The minimum atomic E-state index is -0.263. The van der Waals surface area contributed by atoms with E-state index in [2.05, 4.69) is 86.6 Å². The average Bonchev–Trinajstić information content (AvgIpc) is 3.35. The van der Waals surface area contributed by atoms with Gasteiger partial charge in [0.1, 0.15) is 0 Å². The zero-order chi connectivity index (χ0) is 24.2. The summed E-state index contributed by atoms with van der Waals surface area (Å²) in [4.78, 5) is 11.5. The molecule has 0 fully saturated rings. The molecule has 4 aromatic rings. The molecular weight excluding hydrogens is 430 g/mol. The molecule has 0 aromatic heterocycles. The standard InChI is InChI=1S/C32H29NO2/c1-3-31(27-14-8-5-11-23(27)24-12-6-9-15-28(24)31)19-20-32(4-2)29-16-10-7-13-25(29)26-18-17-22(33(34)35)21-30(26)32/h5-18,21H,3-4,19-20H2,1-2H3. The first kappa shape index (κ1) is 21.8. The second kappa shape index (κ2) is 7.91. The predicted molar refractivity (Wildman–Crippen MR) is 142 cm³/mol. The third-order valence-corrected chi connectivity index (χ3v) is 8.82. The van der Waals surface area contributed by atoms with Gasteiger partial charge >= 0.3 is 0 Å². The van der Waals surface area contributed by atoms with Crippen LogP contribution >= 0.6 is 0 Å². The Morgan fingerprint density at radius 2 is 1.00 bits per heavy atom. The first-order valence-corrected chi connectivity index (χ1v) is 12.6. The molecule has 0 heterocycles. The molecule has 174 valence electrons. The summed E-state index contributed by atoms with van der Waals surface area (Å²) < 4.78 is 0. The maximum atomic E-state index is 11.7. The summed E-state index contributed by atoms with van der Waals surface area (Å²) in [5.41, 5.74) is 10.2. The lowest BCUT2D eigenvalue weighted by atomic mass is 9.65. The molecule has 0 saturated heterocycles. The van der Waals surface area contributed by atoms with Crippen molar-refractivity contribution in [1.82, 2.24) is 0 Å². The first-order valence-electron chi connectivity index (χ1n) is 12.6. The van der Waals surface area contributed by atoms with Gasteiger partial charge in [-0.2, -0.15) is 0 Å². The predicted octanol–water partition coefficient (Wildman–Crippen LogP) is 8.43. The van der Waals surface area contributed by atoms with Crippen LogP contribution in [-0.2, 0) is 10.8 Å². The van der Waals surface area contributed by atoms with Crippen LogP contribution in [0.25, 0.3) is 22.3 Å². The molecule has 0 spiro atoms. The van der Waals surface area contributed by atoms with E-state index in [-0.39, 0.29) is 21.4 Å². The molecule has 3 nitrogen and oxygen atoms in total. The van der Waals surface area contributed by atoms with Crippen molar-refractivity contribution in [2.75, 3.05) is 0 Å². The zero-order valence-corrected chi connectivity index (χ0v) is 20.3. The number of hydrogen-bond donors (Lipinski definition) is 0. The van der Waals surface area contributed by atoms with Crippen molar-refractivity contribution in [3.8, 4) is 22.3 Å². The molecule has 0 aliphatic heterocycles. The maximum Gasteiger partial charge on any atom is 0.269 e. The summed E-state index contributed by atoms with van der Waals surface area (Å²) >= 11 is 0. The number of nitrogens with zero attached hydrogens (tertiary/aromatic N) is 1. The Kier molecular flexibility index (Phi) is 4.93. The van der Waals surface area contributed by atoms with Gasteiger partial charge in [-0.1, -0.05) is 86.6 Å². The van der Waals surface area contributed by atoms with Gasteiger partial charge in [-0.15, -0.1) is 0 Å². The Hall–Kier alpha value is -3.72. The topological polar surface area (TPSA) is 43.1 Å². The summed E-state index contributed by atoms with van der Waals surface area (Å²) in [7, 11) is 0. The average molecular weight is 460 g/mol. The highest BCUT2D eigenvalue weighted by Gasteiger charge is 2.47. The highest BCUT2D eigenvalue weighted by atomic mass is 16.6. The van der Waals surface area contributed by atoms with E-state index >= 15 is 0 Å². The SMILES string of the molecule is CCC1(CCC2(CC)c3ccccc3-c3ccc([N+](=O)[O-])cc32)c2ccccc2-c2ccccc21. The van der Waals surface area contributed by atoms with Crippen LogP contribution < -0.4 is 0 Å². The van der Waals surface area contributed by atoms with Crippen molar-refractivity contribution in [2.24, 2.45) is 0 Å². The Morgan fingerprint density at radius 1 is 0.600 bits per heavy atom. The smallest absolute Gasteiger partial charge is 0.258 e. The third kappa shape index (κ3) is 2.91. The molecule has 35 heavy (non-hydrogen) atoms. The molecule has 2 aliphatic rings. The van der Waals surface area contributed by atoms with Gasteiger partial charge in [-0.05, 0) is 76.3 Å². The summed E-state index contributed by atoms with van der Waals surface area (Å²) in [6.07, 6.45) is 3.85. The number of fused-ring (bicyclic) bond motifs is 6. The van der Waals surface area contributed by atoms with Crippen molar-refractivity contribution < 1.29 is 4.92 Å². The van der Waals surface area contributed by atoms with Crippen LogP contribution in [0.15, 0.2) is 91.0 Å². The minimum Gasteiger partial charge on any atom is -0.258 e. The van der Waals surface area contributed by atoms with Crippen LogP contribution in [0, 0.1) is 10.1 Å². The van der Waals surface area contributed by atoms with E-state index in [1.54, 1.807) is 6.07 Å². The summed E-state index contributed by atoms with van der Waals surface area (Å²) in [5.74, 6) is 0. The van der Waals surface area contributed by atoms with Crippen LogP contribution in [0.4, 0.5) is 5.69 Å². The molecule has 1 unspecified atom stereocenters. The van der Waals surface area contributed by atoms with Gasteiger partial charge in [0.2, 0.25) is 0 Å². The molecule has 0 amide bonds. The van der Waals surface area contributed by atoms with Crippen LogP contribution in [0.3, 0.4) is 0 Å². The van der Waals surface area contributed by atoms with Crippen molar-refractivity contribution in [3.63, 3.8) is 0 Å². The number of hydrogen-bond acceptors (Lipinski definition) is 2. The Morgan fingerprint density at radius 3 is 1.43 bits per heavy atom. The third-order valence-electron chi connectivity index (χ3n) is 8.82. The van der Waals surface area contributed by atoms with E-state index in [9.17, 15) is 10.1 Å². The maximum absolute atomic E-state index is 11.7. The van der Waals surface area contributed by atoms with Crippen molar-refractivity contribution >= 4 is 5.69 Å². The van der Waals surface area contributed by atoms with Gasteiger partial charge in [0.05, 0.1) is 4.92 Å². The molecule has 3 heteroatoms. The number of nitro groups is 1. The molecule has 2 aliphatic carbocycles. The number of non-ortho nitro benzene ring substituents is 1. The zero-order valence-electron chi connectivity index (χ0n) is 20.3. The fraction of sp³-hybridized carbons (Fsp3) is 0.250. The molecule has 6 rings (SSSR count). The number of benzene rings is 4. The molecule has 0 radical (unpaired) electrons. The lowest BCUT2D eigenvalue weighted by Gasteiger charge is -2.37. The van der Waals surface area contributed by atoms with Gasteiger partial charge in [-0.25, -0.2) is 0 Å². The van der Waals surface area contributed by atoms with E-state index in [0.29, 0.717) is 0 Å². The van der Waals surface area contributed by atoms with Crippen LogP contribution in [0.2, 0.25) is 0 Å². The van der Waals surface area contributed by atoms with E-state index < -0.39 is 0 Å². The van der Waals surface area contributed by atoms with Gasteiger partial charge in [-0.3, -0.25) is 10.1 Å². The number of nitro benzene ring substituents is 1. The highest BCUT2D eigenvalue weighted by molar-refractivity contribution is 5.83. The summed E-state index contributed by atoms with van der Waals surface area (Å²) in [5, 5.41) is 11.7. The summed E-state index contributed by atoms with van der Waals surface area (Å²) in [6.45, 7) is 4.54. The Bertz CT molecular complexity index is 1420. The highest BCUT2D eigenvalue weighted by Crippen LogP contribution is 2.58. The monoisotopic (exact) mass is 459 g/mol. The summed E-state index contributed by atoms with van der Waals surface area (Å²) in [6, 6.07) is 31.8. The van der Waals surface area contributed by atoms with Crippen LogP contribution in [0.5, 0.6) is 0 Å². The van der Waals surface area contributed by atoms with Crippen molar-refractivity contribution in [3.05, 3.63) is 123 Å². The molecule has 1 atom stereocenters. The van der Waals surface area contributed by atoms with Crippen LogP contribution in [0.1, 0.15) is 61.8 Å². The fourth-order valence-corrected chi connectivity index (χ4v) is 7.05. The van der Waals surface area contributed by atoms with Crippen molar-refractivity contribution in [2.45, 2.75) is 50.4 Å². The molecule has 0 saturated carbocycles. The lowest BCUT2D eigenvalue weighted by Crippen LogP contribution is -2.31. The second-order valence-electron chi connectivity index (χ2n) is 10.00. The Labute approximate surface area is 206 Å². The minimum absolute atomic E-state index is 0.0617. The quantitative estimate of drug-likeness (QED) is 0.214. The van der Waals surface area contributed by atoms with E-state index in [4.69, 9.17) is 0 Å². The van der Waals surface area contributed by atoms with Gasteiger partial charge < -0.3 is 0 Å². The Balaban J connectivity index is 1.51.